The fourth-order valence-corrected chi connectivity index (χ4v) is 5.65. The average Bonchev–Trinajstić information content (AvgIpc) is 3.01. The quantitative estimate of drug-likeness (QED) is 0.807. The maximum Gasteiger partial charge on any atom is 0.243 e. The summed E-state index contributed by atoms with van der Waals surface area (Å²) in [5, 5.41) is 2.97. The van der Waals surface area contributed by atoms with Gasteiger partial charge in [-0.3, -0.25) is 0 Å². The van der Waals surface area contributed by atoms with Gasteiger partial charge in [0.25, 0.3) is 0 Å². The third-order valence-electron chi connectivity index (χ3n) is 4.48. The zero-order valence-electron chi connectivity index (χ0n) is 14.4. The van der Waals surface area contributed by atoms with Crippen molar-refractivity contribution in [2.24, 2.45) is 0 Å². The van der Waals surface area contributed by atoms with Gasteiger partial charge in [-0.1, -0.05) is 32.4 Å². The molecule has 0 aliphatic carbocycles. The van der Waals surface area contributed by atoms with Crippen LogP contribution in [0.1, 0.15) is 49.6 Å². The number of thiazole rings is 1. The van der Waals surface area contributed by atoms with Crippen LogP contribution in [0.15, 0.2) is 28.5 Å². The van der Waals surface area contributed by atoms with Crippen LogP contribution in [0.25, 0.3) is 11.3 Å². The van der Waals surface area contributed by atoms with Crippen molar-refractivity contribution >= 4 is 21.4 Å². The molecule has 0 radical (unpaired) electrons. The van der Waals surface area contributed by atoms with Gasteiger partial charge in [0.05, 0.1) is 15.6 Å². The zero-order chi connectivity index (χ0) is 17.3. The Bertz CT molecular complexity index is 819. The molecule has 0 N–H and O–H groups in total. The number of aryl methyl sites for hydroxylation is 1. The first kappa shape index (κ1) is 17.6. The second-order valence-corrected chi connectivity index (χ2v) is 9.59. The van der Waals surface area contributed by atoms with E-state index in [4.69, 9.17) is 0 Å². The molecule has 6 heteroatoms. The summed E-state index contributed by atoms with van der Waals surface area (Å²) in [6.45, 7) is 7.29. The first-order valence-corrected chi connectivity index (χ1v) is 10.8. The van der Waals surface area contributed by atoms with Gasteiger partial charge < -0.3 is 0 Å². The van der Waals surface area contributed by atoms with Crippen molar-refractivity contribution in [1.82, 2.24) is 9.29 Å². The van der Waals surface area contributed by atoms with E-state index in [1.807, 2.05) is 44.4 Å². The molecule has 1 aliphatic heterocycles. The van der Waals surface area contributed by atoms with E-state index in [1.165, 1.54) is 0 Å². The fraction of sp³-hybridized carbons (Fsp3) is 0.500. The molecule has 0 spiro atoms. The minimum absolute atomic E-state index is 0.158. The van der Waals surface area contributed by atoms with E-state index in [9.17, 15) is 8.42 Å². The van der Waals surface area contributed by atoms with Crippen LogP contribution in [-0.4, -0.2) is 30.8 Å². The van der Waals surface area contributed by atoms with E-state index >= 15 is 0 Å². The zero-order valence-corrected chi connectivity index (χ0v) is 16.1. The van der Waals surface area contributed by atoms with Gasteiger partial charge in [-0.05, 0) is 37.3 Å². The van der Waals surface area contributed by atoms with Gasteiger partial charge in [-0.15, -0.1) is 11.3 Å². The topological polar surface area (TPSA) is 50.3 Å². The molecular weight excluding hydrogens is 340 g/mol. The SMILES string of the molecule is Cc1nc(-c2ccc(C(C)C)c(S(=O)(=O)N3CCCCC3)c2)cs1. The molecule has 130 valence electrons. The highest BCUT2D eigenvalue weighted by Crippen LogP contribution is 2.32. The minimum Gasteiger partial charge on any atom is -0.242 e. The van der Waals surface area contributed by atoms with E-state index in [0.717, 1.165) is 41.1 Å². The summed E-state index contributed by atoms with van der Waals surface area (Å²) in [4.78, 5) is 4.95. The largest absolute Gasteiger partial charge is 0.243 e. The lowest BCUT2D eigenvalue weighted by Gasteiger charge is -2.27. The predicted molar refractivity (Wildman–Crippen MR) is 99.0 cm³/mol. The van der Waals surface area contributed by atoms with Gasteiger partial charge in [0.1, 0.15) is 0 Å². The highest BCUT2D eigenvalue weighted by Gasteiger charge is 2.29. The summed E-state index contributed by atoms with van der Waals surface area (Å²) in [6, 6.07) is 5.75. The highest BCUT2D eigenvalue weighted by atomic mass is 32.2. The summed E-state index contributed by atoms with van der Waals surface area (Å²) >= 11 is 1.58. The fourth-order valence-electron chi connectivity index (χ4n) is 3.13. The van der Waals surface area contributed by atoms with Crippen LogP contribution >= 0.6 is 11.3 Å². The maximum atomic E-state index is 13.2. The van der Waals surface area contributed by atoms with Crippen LogP contribution in [0.3, 0.4) is 0 Å². The summed E-state index contributed by atoms with van der Waals surface area (Å²) in [5.74, 6) is 0.158. The maximum absolute atomic E-state index is 13.2. The molecule has 1 fully saturated rings. The molecule has 0 saturated carbocycles. The second-order valence-electron chi connectivity index (χ2n) is 6.62. The first-order chi connectivity index (χ1) is 11.4. The Morgan fingerprint density at radius 1 is 1.17 bits per heavy atom. The third-order valence-corrected chi connectivity index (χ3v) is 7.21. The number of aromatic nitrogens is 1. The third kappa shape index (κ3) is 3.41. The van der Waals surface area contributed by atoms with Crippen molar-refractivity contribution in [3.63, 3.8) is 0 Å². The van der Waals surface area contributed by atoms with Crippen molar-refractivity contribution in [3.8, 4) is 11.3 Å². The normalized spacial score (nSPS) is 16.7. The molecule has 0 amide bonds. The lowest BCUT2D eigenvalue weighted by atomic mass is 10.0. The van der Waals surface area contributed by atoms with Gasteiger partial charge in [0.2, 0.25) is 10.0 Å². The second kappa shape index (κ2) is 6.94. The Morgan fingerprint density at radius 2 is 1.88 bits per heavy atom. The van der Waals surface area contributed by atoms with Crippen molar-refractivity contribution < 1.29 is 8.42 Å². The van der Waals surface area contributed by atoms with Crippen LogP contribution in [0.4, 0.5) is 0 Å². The minimum atomic E-state index is -3.45. The van der Waals surface area contributed by atoms with Gasteiger partial charge in [-0.2, -0.15) is 4.31 Å². The Kier molecular flexibility index (Phi) is 5.08. The molecule has 24 heavy (non-hydrogen) atoms. The lowest BCUT2D eigenvalue weighted by molar-refractivity contribution is 0.346. The number of benzene rings is 1. The number of sulfonamides is 1. The number of hydrogen-bond acceptors (Lipinski definition) is 4. The van der Waals surface area contributed by atoms with Gasteiger partial charge in [-0.25, -0.2) is 13.4 Å². The summed E-state index contributed by atoms with van der Waals surface area (Å²) in [5.41, 5.74) is 2.61. The number of piperidine rings is 1. The Morgan fingerprint density at radius 3 is 2.46 bits per heavy atom. The summed E-state index contributed by atoms with van der Waals surface area (Å²) < 4.78 is 28.1. The van der Waals surface area contributed by atoms with E-state index in [-0.39, 0.29) is 5.92 Å². The van der Waals surface area contributed by atoms with Crippen LogP contribution in [0.5, 0.6) is 0 Å². The van der Waals surface area contributed by atoms with E-state index in [1.54, 1.807) is 15.6 Å². The molecule has 1 aromatic carbocycles. The van der Waals surface area contributed by atoms with E-state index in [0.29, 0.717) is 18.0 Å². The van der Waals surface area contributed by atoms with Crippen molar-refractivity contribution in [2.75, 3.05) is 13.1 Å². The van der Waals surface area contributed by atoms with Crippen LogP contribution < -0.4 is 0 Å². The van der Waals surface area contributed by atoms with Crippen LogP contribution in [-0.2, 0) is 10.0 Å². The molecule has 3 rings (SSSR count). The highest BCUT2D eigenvalue weighted by molar-refractivity contribution is 7.89. The molecule has 1 saturated heterocycles. The molecule has 0 atom stereocenters. The monoisotopic (exact) mass is 364 g/mol. The van der Waals surface area contributed by atoms with Crippen LogP contribution in [0.2, 0.25) is 0 Å². The molecule has 2 aromatic rings. The van der Waals surface area contributed by atoms with Gasteiger partial charge in [0.15, 0.2) is 0 Å². The van der Waals surface area contributed by atoms with Gasteiger partial charge >= 0.3 is 0 Å². The van der Waals surface area contributed by atoms with E-state index < -0.39 is 10.0 Å². The van der Waals surface area contributed by atoms with E-state index in [2.05, 4.69) is 4.98 Å². The summed E-state index contributed by atoms with van der Waals surface area (Å²) in [6.07, 6.45) is 3.00. The molecular formula is C18H24N2O2S2. The number of hydrogen-bond donors (Lipinski definition) is 0. The first-order valence-electron chi connectivity index (χ1n) is 8.46. The van der Waals surface area contributed by atoms with Crippen LogP contribution in [0, 0.1) is 6.92 Å². The molecule has 2 heterocycles. The Balaban J connectivity index is 2.09. The smallest absolute Gasteiger partial charge is 0.242 e. The molecule has 0 unspecified atom stereocenters. The molecule has 1 aromatic heterocycles. The molecule has 4 nitrogen and oxygen atoms in total. The van der Waals surface area contributed by atoms with Gasteiger partial charge in [0, 0.05) is 24.0 Å². The summed E-state index contributed by atoms with van der Waals surface area (Å²) in [7, 11) is -3.45. The Labute approximate surface area is 148 Å². The van der Waals surface area contributed by atoms with Crippen molar-refractivity contribution in [3.05, 3.63) is 34.2 Å². The average molecular weight is 365 g/mol. The van der Waals surface area contributed by atoms with Crippen molar-refractivity contribution in [1.29, 1.82) is 0 Å². The standard InChI is InChI=1S/C18H24N2O2S2/c1-13(2)16-8-7-15(17-12-23-14(3)19-17)11-18(16)24(21,22)20-9-5-4-6-10-20/h7-8,11-13H,4-6,9-10H2,1-3H3. The van der Waals surface area contributed by atoms with Crippen molar-refractivity contribution in [2.45, 2.75) is 50.8 Å². The Hall–Kier alpha value is -1.24. The predicted octanol–water partition coefficient (Wildman–Crippen LogP) is 4.42. The number of rotatable bonds is 4. The molecule has 0 bridgehead atoms. The number of nitrogens with zero attached hydrogens (tertiary/aromatic N) is 2. The molecule has 1 aliphatic rings. The lowest BCUT2D eigenvalue weighted by Crippen LogP contribution is -2.36.